The van der Waals surface area contributed by atoms with Gasteiger partial charge in [-0.3, -0.25) is 5.01 Å². The van der Waals surface area contributed by atoms with Crippen molar-refractivity contribution in [3.8, 4) is 0 Å². The molecule has 1 heterocycles. The number of allylic oxidation sites excluding steroid dienone is 2. The molecule has 0 saturated heterocycles. The predicted molar refractivity (Wildman–Crippen MR) is 102 cm³/mol. The number of nitrogens with zero attached hydrogens (tertiary/aromatic N) is 2. The van der Waals surface area contributed by atoms with Crippen molar-refractivity contribution in [1.29, 1.82) is 0 Å². The van der Waals surface area contributed by atoms with E-state index in [1.165, 1.54) is 108 Å². The third-order valence-corrected chi connectivity index (χ3v) is 5.35. The molecule has 2 heteroatoms. The summed E-state index contributed by atoms with van der Waals surface area (Å²) in [6, 6.07) is 0. The van der Waals surface area contributed by atoms with Crippen molar-refractivity contribution in [2.24, 2.45) is 5.10 Å². The molecule has 1 aliphatic heterocycles. The summed E-state index contributed by atoms with van der Waals surface area (Å²) in [4.78, 5) is 0. The summed E-state index contributed by atoms with van der Waals surface area (Å²) in [5.41, 5.74) is 2.99. The SMILES string of the molecule is CN1CCCCCCCCC(/C2=C/CCCCCCCCC2)=N1. The highest BCUT2D eigenvalue weighted by molar-refractivity contribution is 5.99. The Kier molecular flexibility index (Phi) is 9.44. The Labute approximate surface area is 144 Å². The number of hydrazone groups is 1. The molecule has 2 aliphatic rings. The van der Waals surface area contributed by atoms with Gasteiger partial charge in [0.25, 0.3) is 0 Å². The van der Waals surface area contributed by atoms with Crippen molar-refractivity contribution in [1.82, 2.24) is 5.01 Å². The number of rotatable bonds is 1. The van der Waals surface area contributed by atoms with Gasteiger partial charge < -0.3 is 0 Å². The van der Waals surface area contributed by atoms with Gasteiger partial charge in [-0.1, -0.05) is 63.9 Å². The molecule has 0 unspecified atom stereocenters. The average molecular weight is 319 g/mol. The monoisotopic (exact) mass is 318 g/mol. The lowest BCUT2D eigenvalue weighted by Gasteiger charge is -2.17. The molecule has 0 amide bonds. The molecular formula is C21H38N2. The van der Waals surface area contributed by atoms with E-state index in [4.69, 9.17) is 5.10 Å². The van der Waals surface area contributed by atoms with E-state index in [-0.39, 0.29) is 0 Å². The van der Waals surface area contributed by atoms with E-state index in [2.05, 4.69) is 18.1 Å². The molecule has 0 saturated carbocycles. The Bertz CT molecular complexity index is 370. The van der Waals surface area contributed by atoms with Crippen molar-refractivity contribution in [2.45, 2.75) is 103 Å². The van der Waals surface area contributed by atoms with Crippen LogP contribution in [0.2, 0.25) is 0 Å². The van der Waals surface area contributed by atoms with Crippen LogP contribution in [0.5, 0.6) is 0 Å². The van der Waals surface area contributed by atoms with Gasteiger partial charge in [-0.05, 0) is 50.5 Å². The average Bonchev–Trinajstić information content (AvgIpc) is 2.64. The standard InChI is InChI=1S/C21H38N2/c1-23-19-15-11-7-6-10-14-18-21(22-23)20-16-12-8-4-2-3-5-9-13-17-20/h16H,2-15,17-19H2,1H3/b20-16+,22-21?. The van der Waals surface area contributed by atoms with Gasteiger partial charge >= 0.3 is 0 Å². The van der Waals surface area contributed by atoms with Gasteiger partial charge in [-0.2, -0.15) is 5.10 Å². The van der Waals surface area contributed by atoms with E-state index in [0.717, 1.165) is 6.54 Å². The van der Waals surface area contributed by atoms with Crippen LogP contribution in [-0.4, -0.2) is 24.3 Å². The van der Waals surface area contributed by atoms with Crippen molar-refractivity contribution < 1.29 is 0 Å². The minimum absolute atomic E-state index is 1.12. The molecule has 0 aromatic heterocycles. The van der Waals surface area contributed by atoms with Crippen molar-refractivity contribution in [3.63, 3.8) is 0 Å². The summed E-state index contributed by atoms with van der Waals surface area (Å²) in [7, 11) is 2.17. The first-order valence-electron chi connectivity index (χ1n) is 10.3. The summed E-state index contributed by atoms with van der Waals surface area (Å²) in [5, 5.41) is 7.25. The zero-order valence-corrected chi connectivity index (χ0v) is 15.5. The summed E-state index contributed by atoms with van der Waals surface area (Å²) >= 11 is 0. The van der Waals surface area contributed by atoms with Crippen LogP contribution in [0.25, 0.3) is 0 Å². The lowest BCUT2D eigenvalue weighted by molar-refractivity contribution is 0.342. The van der Waals surface area contributed by atoms with Gasteiger partial charge in [0.15, 0.2) is 0 Å². The van der Waals surface area contributed by atoms with Gasteiger partial charge in [-0.15, -0.1) is 0 Å². The van der Waals surface area contributed by atoms with E-state index in [1.54, 1.807) is 5.57 Å². The maximum atomic E-state index is 5.03. The number of hydrogen-bond donors (Lipinski definition) is 0. The molecule has 0 N–H and O–H groups in total. The molecule has 0 atom stereocenters. The topological polar surface area (TPSA) is 15.6 Å². The molecule has 0 aromatic rings. The molecule has 2 rings (SSSR count). The van der Waals surface area contributed by atoms with Gasteiger partial charge in [0.05, 0.1) is 5.71 Å². The normalized spacial score (nSPS) is 26.2. The third-order valence-electron chi connectivity index (χ3n) is 5.35. The Morgan fingerprint density at radius 1 is 0.696 bits per heavy atom. The van der Waals surface area contributed by atoms with Gasteiger partial charge in [-0.25, -0.2) is 0 Å². The first kappa shape index (κ1) is 18.5. The first-order chi connectivity index (χ1) is 11.4. The second kappa shape index (κ2) is 11.7. The van der Waals surface area contributed by atoms with Crippen LogP contribution >= 0.6 is 0 Å². The van der Waals surface area contributed by atoms with Crippen LogP contribution in [0, 0.1) is 0 Å². The fourth-order valence-electron chi connectivity index (χ4n) is 3.86. The fraction of sp³-hybridized carbons (Fsp3) is 0.857. The minimum Gasteiger partial charge on any atom is -0.300 e. The lowest BCUT2D eigenvalue weighted by Crippen LogP contribution is -2.17. The molecule has 0 spiro atoms. The van der Waals surface area contributed by atoms with Crippen LogP contribution in [0.15, 0.2) is 16.8 Å². The summed E-state index contributed by atoms with van der Waals surface area (Å²) in [6.07, 6.45) is 24.3. The van der Waals surface area contributed by atoms with E-state index in [0.29, 0.717) is 0 Å². The first-order valence-corrected chi connectivity index (χ1v) is 10.3. The maximum Gasteiger partial charge on any atom is 0.0634 e. The molecule has 0 radical (unpaired) electrons. The van der Waals surface area contributed by atoms with E-state index in [9.17, 15) is 0 Å². The van der Waals surface area contributed by atoms with Gasteiger partial charge in [0, 0.05) is 13.6 Å². The van der Waals surface area contributed by atoms with Crippen molar-refractivity contribution in [2.75, 3.05) is 13.6 Å². The lowest BCUT2D eigenvalue weighted by atomic mass is 9.97. The van der Waals surface area contributed by atoms with Crippen molar-refractivity contribution >= 4 is 5.71 Å². The molecule has 132 valence electrons. The van der Waals surface area contributed by atoms with Crippen LogP contribution in [0.1, 0.15) is 103 Å². The van der Waals surface area contributed by atoms with Crippen molar-refractivity contribution in [3.05, 3.63) is 11.6 Å². The smallest absolute Gasteiger partial charge is 0.0634 e. The molecule has 1 aliphatic carbocycles. The van der Waals surface area contributed by atoms with E-state index >= 15 is 0 Å². The summed E-state index contributed by atoms with van der Waals surface area (Å²) in [6.45, 7) is 1.12. The molecule has 0 bridgehead atoms. The van der Waals surface area contributed by atoms with Crippen LogP contribution < -0.4 is 0 Å². The Morgan fingerprint density at radius 2 is 1.26 bits per heavy atom. The highest BCUT2D eigenvalue weighted by Gasteiger charge is 2.11. The fourth-order valence-corrected chi connectivity index (χ4v) is 3.86. The second-order valence-corrected chi connectivity index (χ2v) is 7.54. The third kappa shape index (κ3) is 8.04. The van der Waals surface area contributed by atoms with Gasteiger partial charge in [0.2, 0.25) is 0 Å². The predicted octanol–water partition coefficient (Wildman–Crippen LogP) is 6.47. The second-order valence-electron chi connectivity index (χ2n) is 7.54. The number of hydrogen-bond acceptors (Lipinski definition) is 2. The van der Waals surface area contributed by atoms with Crippen LogP contribution in [0.4, 0.5) is 0 Å². The maximum absolute atomic E-state index is 5.03. The zero-order valence-electron chi connectivity index (χ0n) is 15.5. The van der Waals surface area contributed by atoms with E-state index < -0.39 is 0 Å². The Balaban J connectivity index is 2.04. The molecule has 2 nitrogen and oxygen atoms in total. The zero-order chi connectivity index (χ0) is 16.2. The molecule has 0 aromatic carbocycles. The van der Waals surface area contributed by atoms with Crippen LogP contribution in [0.3, 0.4) is 0 Å². The van der Waals surface area contributed by atoms with Crippen LogP contribution in [-0.2, 0) is 0 Å². The Hall–Kier alpha value is -0.790. The molecule has 0 fully saturated rings. The highest BCUT2D eigenvalue weighted by atomic mass is 15.4. The highest BCUT2D eigenvalue weighted by Crippen LogP contribution is 2.21. The van der Waals surface area contributed by atoms with Gasteiger partial charge in [0.1, 0.15) is 0 Å². The molecule has 23 heavy (non-hydrogen) atoms. The Morgan fingerprint density at radius 3 is 2.00 bits per heavy atom. The van der Waals surface area contributed by atoms with E-state index in [1.807, 2.05) is 0 Å². The quantitative estimate of drug-likeness (QED) is 0.541. The summed E-state index contributed by atoms with van der Waals surface area (Å²) in [5.74, 6) is 0. The minimum atomic E-state index is 1.12. The largest absolute Gasteiger partial charge is 0.300 e. The summed E-state index contributed by atoms with van der Waals surface area (Å²) < 4.78 is 0. The molecular weight excluding hydrogens is 280 g/mol.